The monoisotopic (exact) mass is 255 g/mol. The van der Waals surface area contributed by atoms with Crippen LogP contribution in [-0.4, -0.2) is 35.2 Å². The Labute approximate surface area is 114 Å². The van der Waals surface area contributed by atoms with E-state index in [-0.39, 0.29) is 6.10 Å². The molecule has 0 saturated heterocycles. The van der Waals surface area contributed by atoms with Gasteiger partial charge in [0.05, 0.1) is 6.10 Å². The minimum atomic E-state index is -0.132. The van der Waals surface area contributed by atoms with Crippen molar-refractivity contribution in [3.8, 4) is 0 Å². The predicted molar refractivity (Wildman–Crippen MR) is 78.7 cm³/mol. The summed E-state index contributed by atoms with van der Waals surface area (Å²) in [7, 11) is 2.18. The summed E-state index contributed by atoms with van der Waals surface area (Å²) in [5, 5.41) is 10.3. The fraction of sp³-hybridized carbons (Fsp3) is 1.00. The molecule has 0 aromatic carbocycles. The van der Waals surface area contributed by atoms with E-state index in [2.05, 4.69) is 46.6 Å². The zero-order valence-corrected chi connectivity index (χ0v) is 13.2. The average Bonchev–Trinajstić information content (AvgIpc) is 2.37. The van der Waals surface area contributed by atoms with Gasteiger partial charge in [-0.25, -0.2) is 0 Å². The first-order valence-corrected chi connectivity index (χ1v) is 7.73. The Kier molecular flexibility index (Phi) is 5.67. The molecule has 4 atom stereocenters. The van der Waals surface area contributed by atoms with Crippen molar-refractivity contribution >= 4 is 0 Å². The lowest BCUT2D eigenvalue weighted by Gasteiger charge is -2.46. The van der Waals surface area contributed by atoms with Crippen LogP contribution < -0.4 is 0 Å². The van der Waals surface area contributed by atoms with E-state index < -0.39 is 0 Å². The van der Waals surface area contributed by atoms with Crippen LogP contribution in [0.25, 0.3) is 0 Å². The summed E-state index contributed by atoms with van der Waals surface area (Å²) in [6, 6.07) is 0.915. The Morgan fingerprint density at radius 3 is 2.39 bits per heavy atom. The number of hydrogen-bond donors (Lipinski definition) is 1. The lowest BCUT2D eigenvalue weighted by atomic mass is 9.67. The zero-order chi connectivity index (χ0) is 13.9. The fourth-order valence-electron chi connectivity index (χ4n) is 3.18. The molecular formula is C16H33NO. The van der Waals surface area contributed by atoms with E-state index in [1.165, 1.54) is 12.8 Å². The van der Waals surface area contributed by atoms with Crippen LogP contribution in [0.5, 0.6) is 0 Å². The highest BCUT2D eigenvalue weighted by Gasteiger charge is 2.38. The Hall–Kier alpha value is -0.0800. The molecule has 2 heteroatoms. The number of hydrogen-bond acceptors (Lipinski definition) is 2. The average molecular weight is 255 g/mol. The molecule has 0 aromatic rings. The van der Waals surface area contributed by atoms with Gasteiger partial charge in [-0.05, 0) is 51.0 Å². The van der Waals surface area contributed by atoms with Gasteiger partial charge >= 0.3 is 0 Å². The zero-order valence-electron chi connectivity index (χ0n) is 13.2. The van der Waals surface area contributed by atoms with Crippen molar-refractivity contribution < 1.29 is 5.11 Å². The lowest BCUT2D eigenvalue weighted by Crippen LogP contribution is -2.50. The van der Waals surface area contributed by atoms with Gasteiger partial charge in [0.1, 0.15) is 0 Å². The molecule has 1 aliphatic rings. The Morgan fingerprint density at radius 2 is 1.89 bits per heavy atom. The van der Waals surface area contributed by atoms with Crippen molar-refractivity contribution in [1.29, 1.82) is 0 Å². The van der Waals surface area contributed by atoms with E-state index in [4.69, 9.17) is 0 Å². The van der Waals surface area contributed by atoms with Crippen molar-refractivity contribution in [2.24, 2.45) is 11.3 Å². The molecule has 0 heterocycles. The molecule has 0 amide bonds. The maximum absolute atomic E-state index is 10.3. The normalized spacial score (nSPS) is 31.7. The fourth-order valence-corrected chi connectivity index (χ4v) is 3.18. The van der Waals surface area contributed by atoms with Crippen molar-refractivity contribution in [2.75, 3.05) is 7.05 Å². The van der Waals surface area contributed by atoms with Crippen LogP contribution in [-0.2, 0) is 0 Å². The van der Waals surface area contributed by atoms with E-state index in [0.717, 1.165) is 25.2 Å². The summed E-state index contributed by atoms with van der Waals surface area (Å²) in [4.78, 5) is 2.41. The first-order chi connectivity index (χ1) is 8.33. The van der Waals surface area contributed by atoms with Gasteiger partial charge in [-0.2, -0.15) is 0 Å². The SMILES string of the molecule is CCC(C)N(C)C1CC(C(C)(C)CC)CCC1O. The largest absolute Gasteiger partial charge is 0.391 e. The molecule has 108 valence electrons. The number of aliphatic hydroxyl groups is 1. The highest BCUT2D eigenvalue weighted by atomic mass is 16.3. The van der Waals surface area contributed by atoms with Crippen LogP contribution in [0.3, 0.4) is 0 Å². The van der Waals surface area contributed by atoms with Crippen LogP contribution in [0.2, 0.25) is 0 Å². The summed E-state index contributed by atoms with van der Waals surface area (Å²) in [5.41, 5.74) is 0.411. The van der Waals surface area contributed by atoms with Gasteiger partial charge in [-0.15, -0.1) is 0 Å². The molecule has 0 radical (unpaired) electrons. The summed E-state index contributed by atoms with van der Waals surface area (Å²) >= 11 is 0. The van der Waals surface area contributed by atoms with Gasteiger partial charge in [0.15, 0.2) is 0 Å². The van der Waals surface area contributed by atoms with E-state index >= 15 is 0 Å². The van der Waals surface area contributed by atoms with Crippen LogP contribution in [0, 0.1) is 11.3 Å². The van der Waals surface area contributed by atoms with Crippen molar-refractivity contribution in [2.45, 2.75) is 84.9 Å². The number of aliphatic hydroxyl groups excluding tert-OH is 1. The Balaban J connectivity index is 2.73. The Bertz CT molecular complexity index is 251. The second-order valence-electron chi connectivity index (χ2n) is 6.91. The minimum absolute atomic E-state index is 0.132. The van der Waals surface area contributed by atoms with Crippen molar-refractivity contribution in [3.05, 3.63) is 0 Å². The van der Waals surface area contributed by atoms with Gasteiger partial charge in [-0.3, -0.25) is 4.90 Å². The third kappa shape index (κ3) is 3.48. The minimum Gasteiger partial charge on any atom is -0.391 e. The highest BCUT2D eigenvalue weighted by Crippen LogP contribution is 2.41. The third-order valence-electron chi connectivity index (χ3n) is 5.61. The molecule has 1 fully saturated rings. The summed E-state index contributed by atoms with van der Waals surface area (Å²) in [6.45, 7) is 11.6. The van der Waals surface area contributed by atoms with Gasteiger partial charge in [-0.1, -0.05) is 34.1 Å². The molecule has 4 unspecified atom stereocenters. The molecule has 0 bridgehead atoms. The molecular weight excluding hydrogens is 222 g/mol. The summed E-state index contributed by atoms with van der Waals surface area (Å²) in [5.74, 6) is 0.752. The molecule has 0 aromatic heterocycles. The molecule has 0 spiro atoms. The van der Waals surface area contributed by atoms with E-state index in [1.807, 2.05) is 0 Å². The Morgan fingerprint density at radius 1 is 1.28 bits per heavy atom. The summed E-state index contributed by atoms with van der Waals surface area (Å²) < 4.78 is 0. The first kappa shape index (κ1) is 16.0. The van der Waals surface area contributed by atoms with E-state index in [1.54, 1.807) is 0 Å². The first-order valence-electron chi connectivity index (χ1n) is 7.73. The van der Waals surface area contributed by atoms with Crippen molar-refractivity contribution in [3.63, 3.8) is 0 Å². The standard InChI is InChI=1S/C16H33NO/c1-7-12(3)17(6)14-11-13(9-10-15(14)18)16(4,5)8-2/h12-15,18H,7-11H2,1-6H3. The lowest BCUT2D eigenvalue weighted by molar-refractivity contribution is -0.0240. The topological polar surface area (TPSA) is 23.5 Å². The molecule has 1 saturated carbocycles. The van der Waals surface area contributed by atoms with Crippen LogP contribution in [0.1, 0.15) is 66.7 Å². The van der Waals surface area contributed by atoms with Crippen molar-refractivity contribution in [1.82, 2.24) is 4.90 Å². The molecule has 1 N–H and O–H groups in total. The van der Waals surface area contributed by atoms with Crippen LogP contribution in [0.15, 0.2) is 0 Å². The molecule has 1 rings (SSSR count). The van der Waals surface area contributed by atoms with Crippen LogP contribution in [0.4, 0.5) is 0 Å². The molecule has 0 aliphatic heterocycles. The van der Waals surface area contributed by atoms with Gasteiger partial charge < -0.3 is 5.11 Å². The second-order valence-corrected chi connectivity index (χ2v) is 6.91. The molecule has 18 heavy (non-hydrogen) atoms. The van der Waals surface area contributed by atoms with Crippen LogP contribution >= 0.6 is 0 Å². The van der Waals surface area contributed by atoms with Gasteiger partial charge in [0.2, 0.25) is 0 Å². The van der Waals surface area contributed by atoms with Gasteiger partial charge in [0.25, 0.3) is 0 Å². The van der Waals surface area contributed by atoms with E-state index in [0.29, 0.717) is 17.5 Å². The third-order valence-corrected chi connectivity index (χ3v) is 5.61. The quantitative estimate of drug-likeness (QED) is 0.810. The number of rotatable bonds is 5. The maximum atomic E-state index is 10.3. The van der Waals surface area contributed by atoms with E-state index in [9.17, 15) is 5.11 Å². The molecule has 2 nitrogen and oxygen atoms in total. The predicted octanol–water partition coefficient (Wildman–Crippen LogP) is 3.68. The van der Waals surface area contributed by atoms with Gasteiger partial charge in [0, 0.05) is 12.1 Å². The second kappa shape index (κ2) is 6.38. The number of likely N-dealkylation sites (N-methyl/N-ethyl adjacent to an activating group) is 1. The number of nitrogens with zero attached hydrogens (tertiary/aromatic N) is 1. The molecule has 1 aliphatic carbocycles. The highest BCUT2D eigenvalue weighted by molar-refractivity contribution is 4.91. The smallest absolute Gasteiger partial charge is 0.0695 e. The summed E-state index contributed by atoms with van der Waals surface area (Å²) in [6.07, 6.45) is 5.57. The maximum Gasteiger partial charge on any atom is 0.0695 e.